The molecule has 0 radical (unpaired) electrons. The zero-order valence-electron chi connectivity index (χ0n) is 13.5. The molecule has 0 fully saturated rings. The van der Waals surface area contributed by atoms with Crippen LogP contribution in [0.2, 0.25) is 0 Å². The molecular formula is C17H18N2O3S. The average molecular weight is 330 g/mol. The van der Waals surface area contributed by atoms with E-state index in [1.807, 2.05) is 30.7 Å². The topological polar surface area (TPSA) is 61.2 Å². The highest BCUT2D eigenvalue weighted by atomic mass is 32.2. The molecule has 3 aromatic rings. The van der Waals surface area contributed by atoms with Gasteiger partial charge in [0, 0.05) is 13.1 Å². The van der Waals surface area contributed by atoms with Crippen LogP contribution in [0.5, 0.6) is 5.75 Å². The molecule has 6 heteroatoms. The van der Waals surface area contributed by atoms with Gasteiger partial charge in [-0.1, -0.05) is 17.7 Å². The lowest BCUT2D eigenvalue weighted by Crippen LogP contribution is -2.13. The van der Waals surface area contributed by atoms with Gasteiger partial charge in [-0.25, -0.2) is 4.98 Å². The molecule has 5 nitrogen and oxygen atoms in total. The number of nitrogens with zero attached hydrogens (tertiary/aromatic N) is 2. The van der Waals surface area contributed by atoms with Gasteiger partial charge in [0.2, 0.25) is 0 Å². The van der Waals surface area contributed by atoms with Crippen molar-refractivity contribution < 1.29 is 12.6 Å². The lowest BCUT2D eigenvalue weighted by molar-refractivity contribution is 0.485. The van der Waals surface area contributed by atoms with Crippen molar-refractivity contribution >= 4 is 21.2 Å². The summed E-state index contributed by atoms with van der Waals surface area (Å²) in [5.74, 6) is 0.260. The van der Waals surface area contributed by atoms with E-state index in [2.05, 4.69) is 4.98 Å². The van der Waals surface area contributed by atoms with E-state index in [0.717, 1.165) is 11.1 Å². The summed E-state index contributed by atoms with van der Waals surface area (Å²) in [6.07, 6.45) is 1.68. The summed E-state index contributed by atoms with van der Waals surface area (Å²) < 4.78 is 32.5. The molecule has 2 aromatic carbocycles. The summed E-state index contributed by atoms with van der Waals surface area (Å²) in [5, 5.41) is 0. The largest absolute Gasteiger partial charge is 0.379 e. The van der Waals surface area contributed by atoms with Crippen LogP contribution in [0.4, 0.5) is 0 Å². The van der Waals surface area contributed by atoms with Crippen molar-refractivity contribution in [2.45, 2.75) is 25.7 Å². The Bertz CT molecular complexity index is 981. The van der Waals surface area contributed by atoms with E-state index in [4.69, 9.17) is 4.18 Å². The summed E-state index contributed by atoms with van der Waals surface area (Å²) >= 11 is 0. The third-order valence-electron chi connectivity index (χ3n) is 3.76. The van der Waals surface area contributed by atoms with Gasteiger partial charge in [0.15, 0.2) is 0 Å². The summed E-state index contributed by atoms with van der Waals surface area (Å²) in [4.78, 5) is 4.44. The first-order valence-electron chi connectivity index (χ1n) is 7.21. The van der Waals surface area contributed by atoms with E-state index in [0.29, 0.717) is 16.6 Å². The van der Waals surface area contributed by atoms with E-state index in [1.54, 1.807) is 38.4 Å². The summed E-state index contributed by atoms with van der Waals surface area (Å²) in [7, 11) is -2.01. The van der Waals surface area contributed by atoms with Gasteiger partial charge in [0.1, 0.15) is 10.6 Å². The van der Waals surface area contributed by atoms with Crippen molar-refractivity contribution in [1.29, 1.82) is 0 Å². The Morgan fingerprint density at radius 1 is 1.04 bits per heavy atom. The minimum Gasteiger partial charge on any atom is -0.379 e. The molecule has 3 rings (SSSR count). The fraction of sp³-hybridized carbons (Fsp3) is 0.235. The molecule has 0 spiro atoms. The van der Waals surface area contributed by atoms with Crippen LogP contribution in [0.3, 0.4) is 0 Å². The fourth-order valence-corrected chi connectivity index (χ4v) is 4.24. The van der Waals surface area contributed by atoms with Gasteiger partial charge in [-0.05, 0) is 44.0 Å². The first-order chi connectivity index (χ1) is 10.8. The van der Waals surface area contributed by atoms with Crippen LogP contribution in [-0.2, 0) is 17.2 Å². The molecule has 0 aliphatic rings. The molecule has 1 aromatic heterocycles. The molecular weight excluding hydrogens is 312 g/mol. The van der Waals surface area contributed by atoms with Crippen LogP contribution >= 0.6 is 0 Å². The molecule has 120 valence electrons. The zero-order valence-corrected chi connectivity index (χ0v) is 14.3. The Balaban J connectivity index is 2.03. The summed E-state index contributed by atoms with van der Waals surface area (Å²) in [5.41, 5.74) is 3.99. The van der Waals surface area contributed by atoms with Gasteiger partial charge >= 0.3 is 10.1 Å². The molecule has 23 heavy (non-hydrogen) atoms. The maximum Gasteiger partial charge on any atom is 0.339 e. The van der Waals surface area contributed by atoms with Crippen molar-refractivity contribution in [2.75, 3.05) is 0 Å². The Labute approximate surface area is 135 Å². The lowest BCUT2D eigenvalue weighted by Gasteiger charge is -2.13. The summed E-state index contributed by atoms with van der Waals surface area (Å²) in [6, 6.07) is 8.74. The normalized spacial score (nSPS) is 11.8. The Hall–Kier alpha value is -2.34. The first kappa shape index (κ1) is 15.6. The molecule has 0 amide bonds. The van der Waals surface area contributed by atoms with Crippen molar-refractivity contribution in [3.63, 3.8) is 0 Å². The van der Waals surface area contributed by atoms with Crippen molar-refractivity contribution in [1.82, 2.24) is 9.55 Å². The number of imidazole rings is 1. The van der Waals surface area contributed by atoms with Gasteiger partial charge in [-0.3, -0.25) is 0 Å². The van der Waals surface area contributed by atoms with Gasteiger partial charge in [-0.2, -0.15) is 8.42 Å². The van der Waals surface area contributed by atoms with Gasteiger partial charge in [-0.15, -0.1) is 0 Å². The van der Waals surface area contributed by atoms with Gasteiger partial charge in [0.05, 0.1) is 17.4 Å². The molecule has 0 N–H and O–H groups in total. The number of aryl methyl sites for hydroxylation is 4. The average Bonchev–Trinajstić information content (AvgIpc) is 2.77. The van der Waals surface area contributed by atoms with Crippen LogP contribution in [0, 0.1) is 20.8 Å². The lowest BCUT2D eigenvalue weighted by atomic mass is 10.1. The Kier molecular flexibility index (Phi) is 3.64. The third-order valence-corrected chi connectivity index (χ3v) is 5.31. The van der Waals surface area contributed by atoms with Crippen molar-refractivity contribution in [2.24, 2.45) is 7.05 Å². The molecule has 0 saturated carbocycles. The maximum absolute atomic E-state index is 12.6. The van der Waals surface area contributed by atoms with E-state index in [1.165, 1.54) is 0 Å². The molecule has 0 unspecified atom stereocenters. The molecule has 0 bridgehead atoms. The van der Waals surface area contributed by atoms with Crippen LogP contribution < -0.4 is 4.18 Å². The maximum atomic E-state index is 12.6. The number of fused-ring (bicyclic) bond motifs is 1. The predicted molar refractivity (Wildman–Crippen MR) is 89.2 cm³/mol. The SMILES string of the molecule is Cc1cc(C)c(S(=O)(=O)Oc2ccc3c(c2)ncn3C)c(C)c1. The Morgan fingerprint density at radius 2 is 1.70 bits per heavy atom. The van der Waals surface area contributed by atoms with Crippen molar-refractivity contribution in [3.8, 4) is 5.75 Å². The molecule has 0 aliphatic carbocycles. The minimum atomic E-state index is -3.89. The highest BCUT2D eigenvalue weighted by Gasteiger charge is 2.22. The van der Waals surface area contributed by atoms with E-state index < -0.39 is 10.1 Å². The second-order valence-corrected chi connectivity index (χ2v) is 7.25. The second-order valence-electron chi connectivity index (χ2n) is 5.77. The number of hydrogen-bond donors (Lipinski definition) is 0. The zero-order chi connectivity index (χ0) is 16.8. The highest BCUT2D eigenvalue weighted by Crippen LogP contribution is 2.27. The van der Waals surface area contributed by atoms with Crippen molar-refractivity contribution in [3.05, 3.63) is 53.3 Å². The number of rotatable bonds is 3. The van der Waals surface area contributed by atoms with E-state index in [-0.39, 0.29) is 10.6 Å². The Morgan fingerprint density at radius 3 is 2.35 bits per heavy atom. The van der Waals surface area contributed by atoms with Crippen LogP contribution in [0.15, 0.2) is 41.6 Å². The molecule has 0 atom stereocenters. The molecule has 0 saturated heterocycles. The van der Waals surface area contributed by atoms with Gasteiger partial charge < -0.3 is 8.75 Å². The van der Waals surface area contributed by atoms with Crippen LogP contribution in [0.25, 0.3) is 11.0 Å². The monoisotopic (exact) mass is 330 g/mol. The van der Waals surface area contributed by atoms with Crippen LogP contribution in [-0.4, -0.2) is 18.0 Å². The second kappa shape index (κ2) is 5.38. The third kappa shape index (κ3) is 2.82. The van der Waals surface area contributed by atoms with E-state index in [9.17, 15) is 8.42 Å². The highest BCUT2D eigenvalue weighted by molar-refractivity contribution is 7.87. The van der Waals surface area contributed by atoms with Crippen LogP contribution in [0.1, 0.15) is 16.7 Å². The summed E-state index contributed by atoms with van der Waals surface area (Å²) in [6.45, 7) is 5.49. The number of hydrogen-bond acceptors (Lipinski definition) is 4. The predicted octanol–water partition coefficient (Wildman–Crippen LogP) is 3.27. The van der Waals surface area contributed by atoms with E-state index >= 15 is 0 Å². The fourth-order valence-electron chi connectivity index (χ4n) is 2.90. The standard InChI is InChI=1S/C17H18N2O3S/c1-11-7-12(2)17(13(3)8-11)23(20,21)22-14-5-6-16-15(9-14)18-10-19(16)4/h5-10H,1-4H3. The number of benzene rings is 2. The van der Waals surface area contributed by atoms with Gasteiger partial charge in [0.25, 0.3) is 0 Å². The minimum absolute atomic E-state index is 0.226. The smallest absolute Gasteiger partial charge is 0.339 e. The first-order valence-corrected chi connectivity index (χ1v) is 8.62. The molecule has 1 heterocycles. The quantitative estimate of drug-likeness (QED) is 0.692. The number of aromatic nitrogens is 2. The molecule has 0 aliphatic heterocycles.